The molecule has 0 aliphatic heterocycles. The van der Waals surface area contributed by atoms with E-state index in [1.807, 2.05) is 31.2 Å². The Morgan fingerprint density at radius 2 is 2.21 bits per heavy atom. The number of rotatable bonds is 5. The molecule has 0 saturated carbocycles. The summed E-state index contributed by atoms with van der Waals surface area (Å²) in [4.78, 5) is 11.5. The van der Waals surface area contributed by atoms with Gasteiger partial charge in [-0.2, -0.15) is 0 Å². The smallest absolute Gasteiger partial charge is 0.287 e. The number of nitrogens with one attached hydrogen (secondary N) is 1. The topological polar surface area (TPSA) is 77.5 Å². The largest absolute Gasteiger partial charge is 0.494 e. The molecule has 1 aromatic carbocycles. The molecule has 0 saturated heterocycles. The van der Waals surface area contributed by atoms with Crippen molar-refractivity contribution in [2.75, 3.05) is 13.3 Å². The number of carbonyl (C=O) groups is 1. The Kier molecular flexibility index (Phi) is 4.20. The van der Waals surface area contributed by atoms with Gasteiger partial charge in [0.2, 0.25) is 0 Å². The summed E-state index contributed by atoms with van der Waals surface area (Å²) >= 11 is 0. The zero-order valence-corrected chi connectivity index (χ0v) is 10.7. The van der Waals surface area contributed by atoms with Crippen LogP contribution in [0.4, 0.5) is 0 Å². The lowest BCUT2D eigenvalue weighted by molar-refractivity contribution is 0.0928. The number of furan rings is 1. The number of nitrogens with two attached hydrogens (primary N) is 1. The predicted octanol–water partition coefficient (Wildman–Crippen LogP) is 1.99. The van der Waals surface area contributed by atoms with Gasteiger partial charge in [-0.1, -0.05) is 12.1 Å². The molecule has 19 heavy (non-hydrogen) atoms. The van der Waals surface area contributed by atoms with Crippen molar-refractivity contribution in [3.05, 3.63) is 42.2 Å². The molecular formula is C14H16N2O3. The first-order chi connectivity index (χ1) is 9.24. The second-order valence-corrected chi connectivity index (χ2v) is 3.83. The lowest BCUT2D eigenvalue weighted by atomic mass is 10.1. The average molecular weight is 260 g/mol. The normalized spacial score (nSPS) is 10.2. The molecule has 0 fully saturated rings. The molecule has 0 aliphatic rings. The summed E-state index contributed by atoms with van der Waals surface area (Å²) < 4.78 is 10.9. The van der Waals surface area contributed by atoms with E-state index in [-0.39, 0.29) is 18.3 Å². The molecule has 0 unspecified atom stereocenters. The minimum absolute atomic E-state index is 0.0781. The summed E-state index contributed by atoms with van der Waals surface area (Å²) in [5, 5.41) is 2.48. The SMILES string of the molecule is CCOc1cccc(-c2ccc(C(=O)NCN)o2)c1. The van der Waals surface area contributed by atoms with Crippen molar-refractivity contribution >= 4 is 5.91 Å². The van der Waals surface area contributed by atoms with Crippen molar-refractivity contribution < 1.29 is 13.9 Å². The first-order valence-electron chi connectivity index (χ1n) is 6.06. The third-order valence-electron chi connectivity index (χ3n) is 2.52. The fourth-order valence-electron chi connectivity index (χ4n) is 1.70. The highest BCUT2D eigenvalue weighted by Crippen LogP contribution is 2.25. The monoisotopic (exact) mass is 260 g/mol. The molecule has 2 rings (SSSR count). The van der Waals surface area contributed by atoms with E-state index < -0.39 is 0 Å². The molecule has 1 amide bonds. The lowest BCUT2D eigenvalue weighted by Crippen LogP contribution is -2.28. The molecule has 0 radical (unpaired) electrons. The quantitative estimate of drug-likeness (QED) is 0.806. The Morgan fingerprint density at radius 3 is 2.95 bits per heavy atom. The molecule has 0 aliphatic carbocycles. The second-order valence-electron chi connectivity index (χ2n) is 3.83. The first-order valence-corrected chi connectivity index (χ1v) is 6.06. The van der Waals surface area contributed by atoms with Crippen molar-refractivity contribution in [2.24, 2.45) is 5.73 Å². The average Bonchev–Trinajstić information content (AvgIpc) is 2.89. The molecule has 3 N–H and O–H groups in total. The van der Waals surface area contributed by atoms with Gasteiger partial charge in [-0.3, -0.25) is 4.79 Å². The van der Waals surface area contributed by atoms with E-state index in [1.54, 1.807) is 12.1 Å². The van der Waals surface area contributed by atoms with Gasteiger partial charge in [-0.25, -0.2) is 0 Å². The van der Waals surface area contributed by atoms with Gasteiger partial charge in [0.1, 0.15) is 11.5 Å². The minimum atomic E-state index is -0.324. The molecule has 0 bridgehead atoms. The van der Waals surface area contributed by atoms with Crippen LogP contribution in [0.3, 0.4) is 0 Å². The number of carbonyl (C=O) groups excluding carboxylic acids is 1. The van der Waals surface area contributed by atoms with Gasteiger partial charge in [0.05, 0.1) is 13.3 Å². The highest BCUT2D eigenvalue weighted by Gasteiger charge is 2.11. The predicted molar refractivity (Wildman–Crippen MR) is 71.8 cm³/mol. The van der Waals surface area contributed by atoms with Crippen molar-refractivity contribution in [1.82, 2.24) is 5.32 Å². The van der Waals surface area contributed by atoms with Crippen LogP contribution in [0.2, 0.25) is 0 Å². The Bertz CT molecular complexity index is 563. The summed E-state index contributed by atoms with van der Waals surface area (Å²) in [7, 11) is 0. The van der Waals surface area contributed by atoms with E-state index in [0.717, 1.165) is 11.3 Å². The van der Waals surface area contributed by atoms with Crippen LogP contribution < -0.4 is 15.8 Å². The van der Waals surface area contributed by atoms with Crippen molar-refractivity contribution in [1.29, 1.82) is 0 Å². The molecule has 1 heterocycles. The van der Waals surface area contributed by atoms with Crippen LogP contribution in [0.15, 0.2) is 40.8 Å². The molecular weight excluding hydrogens is 244 g/mol. The van der Waals surface area contributed by atoms with Crippen molar-refractivity contribution in [3.63, 3.8) is 0 Å². The third kappa shape index (κ3) is 3.14. The molecule has 100 valence electrons. The Morgan fingerprint density at radius 1 is 1.37 bits per heavy atom. The number of hydrogen-bond donors (Lipinski definition) is 2. The van der Waals surface area contributed by atoms with E-state index in [0.29, 0.717) is 12.4 Å². The van der Waals surface area contributed by atoms with Crippen LogP contribution in [-0.2, 0) is 0 Å². The molecule has 1 aromatic heterocycles. The van der Waals surface area contributed by atoms with E-state index in [4.69, 9.17) is 14.9 Å². The summed E-state index contributed by atoms with van der Waals surface area (Å²) in [5.74, 6) is 1.30. The van der Waals surface area contributed by atoms with Gasteiger partial charge in [-0.05, 0) is 31.2 Å². The summed E-state index contributed by atoms with van der Waals surface area (Å²) in [6.07, 6.45) is 0. The van der Waals surface area contributed by atoms with Gasteiger partial charge in [0.15, 0.2) is 5.76 Å². The van der Waals surface area contributed by atoms with Crippen molar-refractivity contribution in [3.8, 4) is 17.1 Å². The number of amides is 1. The fraction of sp³-hybridized carbons (Fsp3) is 0.214. The zero-order chi connectivity index (χ0) is 13.7. The standard InChI is InChI=1S/C14H16N2O3/c1-2-18-11-5-3-4-10(8-11)12-6-7-13(19-12)14(17)16-9-15/h3-8H,2,9,15H2,1H3,(H,16,17). The van der Waals surface area contributed by atoms with Crippen LogP contribution in [-0.4, -0.2) is 19.2 Å². The van der Waals surface area contributed by atoms with E-state index in [9.17, 15) is 4.79 Å². The first kappa shape index (κ1) is 13.2. The summed E-state index contributed by atoms with van der Waals surface area (Å²) in [6, 6.07) is 10.9. The Labute approximate surface area is 111 Å². The lowest BCUT2D eigenvalue weighted by Gasteiger charge is -2.04. The zero-order valence-electron chi connectivity index (χ0n) is 10.7. The van der Waals surface area contributed by atoms with Gasteiger partial charge in [0, 0.05) is 5.56 Å². The van der Waals surface area contributed by atoms with Crippen LogP contribution in [0.1, 0.15) is 17.5 Å². The molecule has 0 spiro atoms. The molecule has 2 aromatic rings. The van der Waals surface area contributed by atoms with Gasteiger partial charge < -0.3 is 20.2 Å². The van der Waals surface area contributed by atoms with Crippen molar-refractivity contribution in [2.45, 2.75) is 6.92 Å². The summed E-state index contributed by atoms with van der Waals surface area (Å²) in [5.41, 5.74) is 6.11. The highest BCUT2D eigenvalue weighted by molar-refractivity contribution is 5.92. The van der Waals surface area contributed by atoms with Crippen LogP contribution in [0.25, 0.3) is 11.3 Å². The minimum Gasteiger partial charge on any atom is -0.494 e. The number of hydrogen-bond acceptors (Lipinski definition) is 4. The number of benzene rings is 1. The van der Waals surface area contributed by atoms with E-state index in [2.05, 4.69) is 5.32 Å². The molecule has 5 heteroatoms. The Hall–Kier alpha value is -2.27. The number of ether oxygens (including phenoxy) is 1. The van der Waals surface area contributed by atoms with E-state index >= 15 is 0 Å². The highest BCUT2D eigenvalue weighted by atomic mass is 16.5. The second kappa shape index (κ2) is 6.06. The van der Waals surface area contributed by atoms with Gasteiger partial charge in [-0.15, -0.1) is 0 Å². The summed E-state index contributed by atoms with van der Waals surface area (Å²) in [6.45, 7) is 2.61. The van der Waals surface area contributed by atoms with Crippen LogP contribution in [0, 0.1) is 0 Å². The fourth-order valence-corrected chi connectivity index (χ4v) is 1.70. The van der Waals surface area contributed by atoms with E-state index in [1.165, 1.54) is 0 Å². The maximum atomic E-state index is 11.5. The third-order valence-corrected chi connectivity index (χ3v) is 2.52. The van der Waals surface area contributed by atoms with Crippen LogP contribution >= 0.6 is 0 Å². The molecule has 0 atom stereocenters. The molecule has 5 nitrogen and oxygen atoms in total. The van der Waals surface area contributed by atoms with Crippen LogP contribution in [0.5, 0.6) is 5.75 Å². The van der Waals surface area contributed by atoms with Gasteiger partial charge in [0.25, 0.3) is 5.91 Å². The maximum absolute atomic E-state index is 11.5. The van der Waals surface area contributed by atoms with Gasteiger partial charge >= 0.3 is 0 Å². The maximum Gasteiger partial charge on any atom is 0.287 e. The Balaban J connectivity index is 2.22.